The molecule has 0 spiro atoms. The van der Waals surface area contributed by atoms with E-state index in [-0.39, 0.29) is 0 Å². The summed E-state index contributed by atoms with van der Waals surface area (Å²) in [6.07, 6.45) is -9.43. The molecule has 0 aromatic carbocycles. The van der Waals surface area contributed by atoms with Crippen LogP contribution in [0.4, 0.5) is 30.7 Å². The molecule has 0 unspecified atom stereocenters. The largest absolute Gasteiger partial charge is 0.451 e. The molecule has 0 aromatic rings. The van der Waals surface area contributed by atoms with Crippen molar-refractivity contribution in [3.05, 3.63) is 0 Å². The lowest BCUT2D eigenvalue weighted by Gasteiger charge is -2.14. The van der Waals surface area contributed by atoms with E-state index in [9.17, 15) is 35.5 Å². The summed E-state index contributed by atoms with van der Waals surface area (Å²) in [6.45, 7) is -2.33. The molecule has 0 atom stereocenters. The molecule has 0 aliphatic heterocycles. The van der Waals surface area contributed by atoms with Gasteiger partial charge in [0.1, 0.15) is 0 Å². The van der Waals surface area contributed by atoms with Gasteiger partial charge in [0.2, 0.25) is 0 Å². The highest BCUT2D eigenvalue weighted by atomic mass is 19.4. The van der Waals surface area contributed by atoms with Crippen molar-refractivity contribution < 1.29 is 40.3 Å². The van der Waals surface area contributed by atoms with Crippen LogP contribution in [-0.2, 0) is 9.53 Å². The van der Waals surface area contributed by atoms with Gasteiger partial charge in [-0.1, -0.05) is 0 Å². The number of halogens is 7. The molecule has 0 aromatic heterocycles. The Labute approximate surface area is 72.6 Å². The number of hydrogen-bond donors (Lipinski definition) is 0. The minimum Gasteiger partial charge on any atom is -0.451 e. The van der Waals surface area contributed by atoms with Gasteiger partial charge in [0.25, 0.3) is 0 Å². The van der Waals surface area contributed by atoms with E-state index in [2.05, 4.69) is 4.74 Å². The van der Waals surface area contributed by atoms with Crippen molar-refractivity contribution in [2.24, 2.45) is 0 Å². The van der Waals surface area contributed by atoms with Crippen molar-refractivity contribution in [1.29, 1.82) is 0 Å². The fraction of sp³-hybridized carbons (Fsp3) is 0.800. The third-order valence-corrected chi connectivity index (χ3v) is 0.913. The summed E-state index contributed by atoms with van der Waals surface area (Å²) in [7, 11) is 0. The van der Waals surface area contributed by atoms with Crippen LogP contribution in [0.2, 0.25) is 0 Å². The van der Waals surface area contributed by atoms with E-state index < -0.39 is 31.1 Å². The number of carbonyl (C=O) groups excluding carboxylic acids is 1. The molecule has 0 aliphatic rings. The van der Waals surface area contributed by atoms with Crippen LogP contribution in [0.15, 0.2) is 0 Å². The van der Waals surface area contributed by atoms with Crippen LogP contribution < -0.4 is 0 Å². The molecule has 0 heterocycles. The lowest BCUT2D eigenvalue weighted by molar-refractivity contribution is -0.216. The zero-order valence-electron chi connectivity index (χ0n) is 6.25. The molecule has 0 aliphatic carbocycles. The first kappa shape index (κ1) is 13.0. The molecule has 2 nitrogen and oxygen atoms in total. The fourth-order valence-corrected chi connectivity index (χ4v) is 0.333. The average Bonchev–Trinajstić information content (AvgIpc) is 1.98. The number of esters is 1. The molecule has 0 fully saturated rings. The summed E-state index contributed by atoms with van der Waals surface area (Å²) < 4.78 is 83.4. The van der Waals surface area contributed by atoms with Crippen molar-refractivity contribution in [2.75, 3.05) is 6.61 Å². The van der Waals surface area contributed by atoms with Gasteiger partial charge in [-0.05, 0) is 0 Å². The van der Waals surface area contributed by atoms with Gasteiger partial charge in [0.05, 0.1) is 0 Å². The van der Waals surface area contributed by atoms with Crippen LogP contribution in [0.25, 0.3) is 0 Å². The Kier molecular flexibility index (Phi) is 3.72. The van der Waals surface area contributed by atoms with E-state index >= 15 is 0 Å². The van der Waals surface area contributed by atoms with Gasteiger partial charge >= 0.3 is 24.5 Å². The average molecular weight is 228 g/mol. The molecule has 9 heteroatoms. The highest BCUT2D eigenvalue weighted by molar-refractivity contribution is 5.78. The first-order valence-corrected chi connectivity index (χ1v) is 2.97. The molecule has 84 valence electrons. The predicted molar refractivity (Wildman–Crippen MR) is 28.0 cm³/mol. The molecular weight excluding hydrogens is 225 g/mol. The minimum atomic E-state index is -5.22. The van der Waals surface area contributed by atoms with Crippen molar-refractivity contribution in [2.45, 2.75) is 18.5 Å². The second-order valence-electron chi connectivity index (χ2n) is 2.11. The van der Waals surface area contributed by atoms with E-state index in [0.717, 1.165) is 0 Å². The SMILES string of the molecule is O=C(OCC(F)(F)F)C(F)(F)C(F)F. The summed E-state index contributed by atoms with van der Waals surface area (Å²) in [5, 5.41) is 0. The predicted octanol–water partition coefficient (Wildman–Crippen LogP) is 1.99. The second-order valence-corrected chi connectivity index (χ2v) is 2.11. The maximum Gasteiger partial charge on any atom is 0.422 e. The van der Waals surface area contributed by atoms with E-state index in [1.165, 1.54) is 0 Å². The molecule has 0 rings (SSSR count). The fourth-order valence-electron chi connectivity index (χ4n) is 0.333. The summed E-state index contributed by atoms with van der Waals surface area (Å²) in [4.78, 5) is 10.0. The molecule has 14 heavy (non-hydrogen) atoms. The smallest absolute Gasteiger partial charge is 0.422 e. The van der Waals surface area contributed by atoms with Crippen molar-refractivity contribution in [3.8, 4) is 0 Å². The van der Waals surface area contributed by atoms with Gasteiger partial charge in [0, 0.05) is 0 Å². The second kappa shape index (κ2) is 4.01. The van der Waals surface area contributed by atoms with Gasteiger partial charge in [0.15, 0.2) is 6.61 Å². The minimum absolute atomic E-state index is 2.33. The molecule has 0 radical (unpaired) electrons. The maximum atomic E-state index is 11.9. The number of hydrogen-bond acceptors (Lipinski definition) is 2. The summed E-state index contributed by atoms with van der Waals surface area (Å²) >= 11 is 0. The number of rotatable bonds is 3. The maximum absolute atomic E-state index is 11.9. The van der Waals surface area contributed by atoms with Crippen molar-refractivity contribution in [1.82, 2.24) is 0 Å². The Balaban J connectivity index is 4.23. The lowest BCUT2D eigenvalue weighted by atomic mass is 10.3. The van der Waals surface area contributed by atoms with Crippen LogP contribution in [0.1, 0.15) is 0 Å². The van der Waals surface area contributed by atoms with Crippen LogP contribution in [0.5, 0.6) is 0 Å². The van der Waals surface area contributed by atoms with Crippen LogP contribution >= 0.6 is 0 Å². The zero-order valence-corrected chi connectivity index (χ0v) is 6.25. The number of ether oxygens (including phenoxy) is 1. The summed E-state index contributed by atoms with van der Waals surface area (Å²) in [5.74, 6) is -8.12. The van der Waals surface area contributed by atoms with E-state index in [4.69, 9.17) is 0 Å². The highest BCUT2D eigenvalue weighted by Crippen LogP contribution is 2.25. The number of carbonyl (C=O) groups is 1. The number of alkyl halides is 7. The third-order valence-electron chi connectivity index (χ3n) is 0.913. The highest BCUT2D eigenvalue weighted by Gasteiger charge is 2.51. The molecule has 0 amide bonds. The first-order valence-electron chi connectivity index (χ1n) is 2.97. The lowest BCUT2D eigenvalue weighted by Crippen LogP contribution is -2.39. The van der Waals surface area contributed by atoms with Crippen molar-refractivity contribution >= 4 is 5.97 Å². The zero-order chi connectivity index (χ0) is 11.6. The van der Waals surface area contributed by atoms with E-state index in [1.54, 1.807) is 0 Å². The van der Waals surface area contributed by atoms with Gasteiger partial charge in [-0.15, -0.1) is 0 Å². The molecule has 0 bridgehead atoms. The molecule has 0 saturated carbocycles. The van der Waals surface area contributed by atoms with Gasteiger partial charge in [-0.2, -0.15) is 22.0 Å². The Bertz CT molecular complexity index is 209. The Hall–Kier alpha value is -1.02. The first-order chi connectivity index (χ1) is 6.07. The van der Waals surface area contributed by atoms with Gasteiger partial charge in [-0.3, -0.25) is 0 Å². The van der Waals surface area contributed by atoms with Crippen LogP contribution in [0.3, 0.4) is 0 Å². The normalized spacial score (nSPS) is 13.1. The van der Waals surface area contributed by atoms with Gasteiger partial charge in [-0.25, -0.2) is 13.6 Å². The quantitative estimate of drug-likeness (QED) is 0.545. The van der Waals surface area contributed by atoms with Crippen LogP contribution in [0, 0.1) is 0 Å². The van der Waals surface area contributed by atoms with Crippen molar-refractivity contribution in [3.63, 3.8) is 0 Å². The molecule has 0 N–H and O–H groups in total. The van der Waals surface area contributed by atoms with E-state index in [1.807, 2.05) is 0 Å². The summed E-state index contributed by atoms with van der Waals surface area (Å²) in [6, 6.07) is 0. The van der Waals surface area contributed by atoms with Gasteiger partial charge < -0.3 is 4.74 Å². The molecular formula is C5H3F7O2. The Morgan fingerprint density at radius 1 is 1.14 bits per heavy atom. The Morgan fingerprint density at radius 2 is 1.57 bits per heavy atom. The summed E-state index contributed by atoms with van der Waals surface area (Å²) in [5.41, 5.74) is 0. The standard InChI is InChI=1S/C5H3F7O2/c6-2(7)5(11,12)3(13)14-1-4(8,9)10/h2H,1H2. The topological polar surface area (TPSA) is 26.3 Å². The Morgan fingerprint density at radius 3 is 1.86 bits per heavy atom. The monoisotopic (exact) mass is 228 g/mol. The molecule has 0 saturated heterocycles. The third kappa shape index (κ3) is 3.79. The van der Waals surface area contributed by atoms with Crippen LogP contribution in [-0.4, -0.2) is 31.1 Å². The van der Waals surface area contributed by atoms with E-state index in [0.29, 0.717) is 0 Å².